The lowest BCUT2D eigenvalue weighted by Gasteiger charge is -2.28. The molecule has 0 unspecified atom stereocenters. The highest BCUT2D eigenvalue weighted by Gasteiger charge is 2.23. The molecule has 0 fully saturated rings. The number of benzene rings is 1. The Morgan fingerprint density at radius 3 is 2.50 bits per heavy atom. The number of rotatable bonds is 5. The van der Waals surface area contributed by atoms with E-state index in [9.17, 15) is 20.0 Å². The number of aliphatic hydroxyl groups is 1. The van der Waals surface area contributed by atoms with Crippen LogP contribution in [0.2, 0.25) is 0 Å². The van der Waals surface area contributed by atoms with Gasteiger partial charge in [0.1, 0.15) is 0 Å². The second-order valence-corrected chi connectivity index (χ2v) is 5.39. The van der Waals surface area contributed by atoms with E-state index in [-0.39, 0.29) is 23.7 Å². The van der Waals surface area contributed by atoms with Gasteiger partial charge in [0.05, 0.1) is 10.5 Å². The number of nitro groups is 1. The quantitative estimate of drug-likeness (QED) is 0.661. The highest BCUT2D eigenvalue weighted by Crippen LogP contribution is 2.20. The zero-order valence-corrected chi connectivity index (χ0v) is 12.2. The molecule has 0 atom stereocenters. The minimum atomic E-state index is -1.01. The molecule has 1 N–H and O–H groups in total. The third kappa shape index (κ3) is 4.03. The average Bonchev–Trinajstić information content (AvgIpc) is 2.34. The Balaban J connectivity index is 3.07. The summed E-state index contributed by atoms with van der Waals surface area (Å²) in [6, 6.07) is 4.41. The minimum Gasteiger partial charge on any atom is -0.389 e. The molecular weight excluding hydrogens is 260 g/mol. The molecule has 1 rings (SSSR count). The van der Waals surface area contributed by atoms with Crippen LogP contribution < -0.4 is 0 Å². The average molecular weight is 280 g/mol. The zero-order chi connectivity index (χ0) is 15.5. The summed E-state index contributed by atoms with van der Waals surface area (Å²) in [7, 11) is 0. The van der Waals surface area contributed by atoms with Crippen molar-refractivity contribution < 1.29 is 14.8 Å². The van der Waals surface area contributed by atoms with E-state index in [0.29, 0.717) is 12.1 Å². The van der Waals surface area contributed by atoms with E-state index in [1.165, 1.54) is 11.0 Å². The molecule has 0 aliphatic heterocycles. The fourth-order valence-electron chi connectivity index (χ4n) is 1.92. The van der Waals surface area contributed by atoms with Gasteiger partial charge in [-0.25, -0.2) is 0 Å². The molecule has 6 nitrogen and oxygen atoms in total. The molecule has 1 amide bonds. The van der Waals surface area contributed by atoms with Gasteiger partial charge in [-0.15, -0.1) is 0 Å². The Hall–Kier alpha value is -1.95. The van der Waals surface area contributed by atoms with Gasteiger partial charge < -0.3 is 10.0 Å². The number of nitrogens with zero attached hydrogens (tertiary/aromatic N) is 2. The van der Waals surface area contributed by atoms with Crippen LogP contribution in [0.1, 0.15) is 36.7 Å². The summed E-state index contributed by atoms with van der Waals surface area (Å²) in [5.41, 5.74) is -0.317. The Kier molecular flexibility index (Phi) is 4.83. The first kappa shape index (κ1) is 16.1. The molecule has 0 bridgehead atoms. The molecule has 110 valence electrons. The van der Waals surface area contributed by atoms with Gasteiger partial charge in [-0.2, -0.15) is 0 Å². The summed E-state index contributed by atoms with van der Waals surface area (Å²) in [4.78, 5) is 24.2. The van der Waals surface area contributed by atoms with Crippen LogP contribution in [0.25, 0.3) is 0 Å². The molecule has 0 saturated carbocycles. The van der Waals surface area contributed by atoms with Crippen LogP contribution >= 0.6 is 0 Å². The van der Waals surface area contributed by atoms with Crippen molar-refractivity contribution in [3.05, 3.63) is 39.4 Å². The molecule has 0 aliphatic rings. The van der Waals surface area contributed by atoms with E-state index in [1.54, 1.807) is 39.8 Å². The number of carbonyl (C=O) groups is 1. The van der Waals surface area contributed by atoms with Gasteiger partial charge in [-0.05, 0) is 33.8 Å². The van der Waals surface area contributed by atoms with Crippen molar-refractivity contribution in [1.29, 1.82) is 0 Å². The monoisotopic (exact) mass is 280 g/mol. The topological polar surface area (TPSA) is 83.7 Å². The van der Waals surface area contributed by atoms with Crippen LogP contribution in [-0.2, 0) is 0 Å². The van der Waals surface area contributed by atoms with E-state index in [1.807, 2.05) is 0 Å². The number of nitro benzene ring substituents is 1. The molecule has 20 heavy (non-hydrogen) atoms. The van der Waals surface area contributed by atoms with Crippen LogP contribution in [0, 0.1) is 17.0 Å². The first-order chi connectivity index (χ1) is 9.15. The third-order valence-corrected chi connectivity index (χ3v) is 2.90. The van der Waals surface area contributed by atoms with E-state index >= 15 is 0 Å². The SMILES string of the molecule is CCN(CC(C)(C)O)C(=O)c1ccc(C)c([N+](=O)[O-])c1. The van der Waals surface area contributed by atoms with Gasteiger partial charge in [0.2, 0.25) is 0 Å². The van der Waals surface area contributed by atoms with Crippen LogP contribution in [0.5, 0.6) is 0 Å². The molecular formula is C14H20N2O4. The van der Waals surface area contributed by atoms with Crippen molar-refractivity contribution in [2.75, 3.05) is 13.1 Å². The maximum Gasteiger partial charge on any atom is 0.273 e. The van der Waals surface area contributed by atoms with E-state index < -0.39 is 10.5 Å². The zero-order valence-electron chi connectivity index (χ0n) is 12.2. The largest absolute Gasteiger partial charge is 0.389 e. The van der Waals surface area contributed by atoms with Crippen molar-refractivity contribution >= 4 is 11.6 Å². The minimum absolute atomic E-state index is 0.0739. The summed E-state index contributed by atoms with van der Waals surface area (Å²) in [5, 5.41) is 20.7. The van der Waals surface area contributed by atoms with Gasteiger partial charge >= 0.3 is 0 Å². The lowest BCUT2D eigenvalue weighted by atomic mass is 10.1. The highest BCUT2D eigenvalue weighted by atomic mass is 16.6. The predicted octanol–water partition coefficient (Wildman–Crippen LogP) is 2.14. The summed E-state index contributed by atoms with van der Waals surface area (Å²) >= 11 is 0. The van der Waals surface area contributed by atoms with Gasteiger partial charge in [-0.1, -0.05) is 6.07 Å². The smallest absolute Gasteiger partial charge is 0.273 e. The molecule has 0 radical (unpaired) electrons. The molecule has 1 aromatic rings. The second-order valence-electron chi connectivity index (χ2n) is 5.39. The summed E-state index contributed by atoms with van der Waals surface area (Å²) < 4.78 is 0. The normalized spacial score (nSPS) is 11.2. The molecule has 0 aromatic heterocycles. The number of amides is 1. The van der Waals surface area contributed by atoms with Crippen molar-refractivity contribution in [2.45, 2.75) is 33.3 Å². The van der Waals surface area contributed by atoms with Crippen molar-refractivity contribution in [3.8, 4) is 0 Å². The number of hydrogen-bond donors (Lipinski definition) is 1. The summed E-state index contributed by atoms with van der Waals surface area (Å²) in [6.07, 6.45) is 0. The van der Waals surface area contributed by atoms with Crippen LogP contribution in [0.4, 0.5) is 5.69 Å². The van der Waals surface area contributed by atoms with E-state index in [4.69, 9.17) is 0 Å². The van der Waals surface area contributed by atoms with Crippen LogP contribution in [-0.4, -0.2) is 39.5 Å². The molecule has 6 heteroatoms. The first-order valence-corrected chi connectivity index (χ1v) is 6.42. The van der Waals surface area contributed by atoms with Crippen LogP contribution in [0.15, 0.2) is 18.2 Å². The van der Waals surface area contributed by atoms with Gasteiger partial charge in [0.25, 0.3) is 11.6 Å². The highest BCUT2D eigenvalue weighted by molar-refractivity contribution is 5.95. The van der Waals surface area contributed by atoms with Crippen molar-refractivity contribution in [1.82, 2.24) is 4.90 Å². The molecule has 1 aromatic carbocycles. The van der Waals surface area contributed by atoms with E-state index in [2.05, 4.69) is 0 Å². The first-order valence-electron chi connectivity index (χ1n) is 6.42. The fourth-order valence-corrected chi connectivity index (χ4v) is 1.92. The lowest BCUT2D eigenvalue weighted by Crippen LogP contribution is -2.42. The van der Waals surface area contributed by atoms with Crippen molar-refractivity contribution in [3.63, 3.8) is 0 Å². The van der Waals surface area contributed by atoms with Crippen LogP contribution in [0.3, 0.4) is 0 Å². The second kappa shape index (κ2) is 6.00. The summed E-state index contributed by atoms with van der Waals surface area (Å²) in [5.74, 6) is -0.322. The number of carbonyl (C=O) groups excluding carboxylic acids is 1. The van der Waals surface area contributed by atoms with Gasteiger partial charge in [-0.3, -0.25) is 14.9 Å². The van der Waals surface area contributed by atoms with Gasteiger partial charge in [0, 0.05) is 30.3 Å². The maximum absolute atomic E-state index is 12.3. The fraction of sp³-hybridized carbons (Fsp3) is 0.500. The van der Waals surface area contributed by atoms with Crippen molar-refractivity contribution in [2.24, 2.45) is 0 Å². The number of hydrogen-bond acceptors (Lipinski definition) is 4. The predicted molar refractivity (Wildman–Crippen MR) is 75.7 cm³/mol. The molecule has 0 aliphatic carbocycles. The Morgan fingerprint density at radius 2 is 2.05 bits per heavy atom. The van der Waals surface area contributed by atoms with E-state index in [0.717, 1.165) is 0 Å². The summed E-state index contributed by atoms with van der Waals surface area (Å²) in [6.45, 7) is 7.24. The molecule has 0 spiro atoms. The van der Waals surface area contributed by atoms with Gasteiger partial charge in [0.15, 0.2) is 0 Å². The lowest BCUT2D eigenvalue weighted by molar-refractivity contribution is -0.385. The molecule has 0 heterocycles. The maximum atomic E-state index is 12.3. The Bertz CT molecular complexity index is 520. The number of aryl methyl sites for hydroxylation is 1. The Labute approximate surface area is 118 Å². The standard InChI is InChI=1S/C14H20N2O4/c1-5-15(9-14(3,4)18)13(17)11-7-6-10(2)12(8-11)16(19)20/h6-8,18H,5,9H2,1-4H3. The molecule has 0 saturated heterocycles. The Morgan fingerprint density at radius 1 is 1.45 bits per heavy atom. The number of likely N-dealkylation sites (N-methyl/N-ethyl adjacent to an activating group) is 1. The third-order valence-electron chi connectivity index (χ3n) is 2.90.